The zero-order valence-corrected chi connectivity index (χ0v) is 22.1. The summed E-state index contributed by atoms with van der Waals surface area (Å²) in [5.41, 5.74) is 5.86. The Balaban J connectivity index is 2.00. The lowest BCUT2D eigenvalue weighted by Gasteiger charge is -2.32. The highest BCUT2D eigenvalue weighted by atomic mass is 31.3. The van der Waals surface area contributed by atoms with Crippen LogP contribution in [0.2, 0.25) is 0 Å². The molecule has 0 aromatic carbocycles. The molecule has 0 aliphatic carbocycles. The van der Waals surface area contributed by atoms with Gasteiger partial charge in [-0.2, -0.15) is 8.62 Å². The third kappa shape index (κ3) is 11.3. The number of nitrogens with zero attached hydrogens (tertiary/aromatic N) is 2. The van der Waals surface area contributed by atoms with Gasteiger partial charge in [0.25, 0.3) is 0 Å². The highest BCUT2D eigenvalue weighted by molar-refractivity contribution is 7.66. The fourth-order valence-corrected chi connectivity index (χ4v) is 6.52. The van der Waals surface area contributed by atoms with Crippen molar-refractivity contribution in [2.75, 3.05) is 12.8 Å². The minimum Gasteiger partial charge on any atom is -0.390 e. The zero-order chi connectivity index (χ0) is 28.2. The second kappa shape index (κ2) is 12.5. The monoisotopic (exact) mass is 615 g/mol. The Hall–Kier alpha value is -0.990. The second-order valence-corrected chi connectivity index (χ2v) is 13.7. The molecule has 212 valence electrons. The number of aliphatic hydroxyl groups excluding tert-OH is 2. The molecule has 19 nitrogen and oxygen atoms in total. The molecule has 0 aromatic heterocycles. The van der Waals surface area contributed by atoms with Gasteiger partial charge in [-0.15, -0.1) is 0 Å². The van der Waals surface area contributed by atoms with Crippen LogP contribution in [0.15, 0.2) is 16.8 Å². The maximum atomic E-state index is 11.9. The van der Waals surface area contributed by atoms with Crippen LogP contribution in [0.5, 0.6) is 0 Å². The van der Waals surface area contributed by atoms with Crippen molar-refractivity contribution in [2.45, 2.75) is 44.1 Å². The number of aliphatic hydroxyl groups is 2. The molecule has 23 heteroatoms. The topological polar surface area (TPSA) is 309 Å². The van der Waals surface area contributed by atoms with Crippen LogP contribution in [0.1, 0.15) is 19.3 Å². The summed E-state index contributed by atoms with van der Waals surface area (Å²) in [6.07, 6.45) is -4.43. The number of hydrogen-bond acceptors (Lipinski definition) is 13. The summed E-state index contributed by atoms with van der Waals surface area (Å²) < 4.78 is 61.9. The van der Waals surface area contributed by atoms with E-state index in [1.807, 2.05) is 0 Å². The van der Waals surface area contributed by atoms with E-state index in [0.29, 0.717) is 0 Å². The Labute approximate surface area is 209 Å². The number of phosphoric ester groups is 1. The molecule has 2 heterocycles. The molecule has 0 amide bonds. The van der Waals surface area contributed by atoms with Crippen LogP contribution in [0.25, 0.3) is 0 Å². The van der Waals surface area contributed by atoms with E-state index in [-0.39, 0.29) is 36.8 Å². The second-order valence-electron chi connectivity index (χ2n) is 7.46. The van der Waals surface area contributed by atoms with Gasteiger partial charge in [-0.05, 0) is 6.42 Å². The van der Waals surface area contributed by atoms with Gasteiger partial charge >= 0.3 is 31.1 Å². The zero-order valence-electron chi connectivity index (χ0n) is 18.5. The molecule has 0 spiro atoms. The first-order valence-electron chi connectivity index (χ1n) is 9.93. The molecule has 2 aliphatic rings. The number of phosphoric acid groups is 3. The van der Waals surface area contributed by atoms with E-state index in [9.17, 15) is 33.4 Å². The van der Waals surface area contributed by atoms with Gasteiger partial charge in [-0.1, -0.05) is 11.8 Å². The van der Waals surface area contributed by atoms with Crippen molar-refractivity contribution in [3.63, 3.8) is 0 Å². The lowest BCUT2D eigenvalue weighted by molar-refractivity contribution is -0.109. The first kappa shape index (κ1) is 32.2. The molecule has 0 radical (unpaired) electrons. The van der Waals surface area contributed by atoms with Crippen molar-refractivity contribution in [3.05, 3.63) is 11.8 Å². The SMILES string of the molecule is NC1=NC(O)N(C2CC(O)C(COP(=O)(O)OP(=O)(O)OP(=O)(O)O)O2)C=C1C#CCCCP(=O)(O)O. The number of ether oxygens (including phenoxy) is 1. The molecule has 2 aliphatic heterocycles. The third-order valence-corrected chi connectivity index (χ3v) is 9.11. The number of rotatable bonds is 11. The van der Waals surface area contributed by atoms with Crippen LogP contribution in [-0.4, -0.2) is 87.9 Å². The van der Waals surface area contributed by atoms with E-state index in [1.165, 1.54) is 6.20 Å². The third-order valence-electron chi connectivity index (χ3n) is 4.40. The summed E-state index contributed by atoms with van der Waals surface area (Å²) >= 11 is 0. The Morgan fingerprint density at radius 2 is 1.73 bits per heavy atom. The lowest BCUT2D eigenvalue weighted by atomic mass is 10.1. The minimum absolute atomic E-state index is 0.114. The average Bonchev–Trinajstić information content (AvgIpc) is 3.04. The largest absolute Gasteiger partial charge is 0.490 e. The molecule has 0 saturated carbocycles. The number of amidine groups is 1. The Kier molecular flexibility index (Phi) is 10.9. The van der Waals surface area contributed by atoms with Crippen LogP contribution >= 0.6 is 31.1 Å². The van der Waals surface area contributed by atoms with Gasteiger partial charge in [-0.25, -0.2) is 18.7 Å². The predicted octanol–water partition coefficient (Wildman–Crippen LogP) is -1.40. The summed E-state index contributed by atoms with van der Waals surface area (Å²) in [4.78, 5) is 58.3. The van der Waals surface area contributed by atoms with Crippen molar-refractivity contribution in [1.29, 1.82) is 0 Å². The van der Waals surface area contributed by atoms with Crippen molar-refractivity contribution < 1.29 is 75.7 Å². The summed E-state index contributed by atoms with van der Waals surface area (Å²) in [6.45, 7) is -0.910. The van der Waals surface area contributed by atoms with Crippen LogP contribution in [0, 0.1) is 11.8 Å². The van der Waals surface area contributed by atoms with Crippen LogP contribution in [0.3, 0.4) is 0 Å². The van der Waals surface area contributed by atoms with Crippen molar-refractivity contribution in [3.8, 4) is 11.8 Å². The minimum atomic E-state index is -5.72. The molecule has 37 heavy (non-hydrogen) atoms. The smallest absolute Gasteiger partial charge is 0.390 e. The van der Waals surface area contributed by atoms with Crippen molar-refractivity contribution in [2.24, 2.45) is 10.7 Å². The molecule has 2 rings (SSSR count). The molecule has 1 fully saturated rings. The maximum absolute atomic E-state index is 11.9. The van der Waals surface area contributed by atoms with Gasteiger partial charge in [0.2, 0.25) is 6.35 Å². The quantitative estimate of drug-likeness (QED) is 0.0733. The molecule has 6 atom stereocenters. The van der Waals surface area contributed by atoms with Crippen LogP contribution in [0.4, 0.5) is 0 Å². The van der Waals surface area contributed by atoms with Gasteiger partial charge in [0, 0.05) is 19.0 Å². The summed E-state index contributed by atoms with van der Waals surface area (Å²) in [5.74, 6) is 5.15. The number of nitrogens with two attached hydrogens (primary N) is 1. The van der Waals surface area contributed by atoms with E-state index in [0.717, 1.165) is 4.90 Å². The van der Waals surface area contributed by atoms with Gasteiger partial charge in [0.05, 0.1) is 24.4 Å². The average molecular weight is 615 g/mol. The first-order valence-corrected chi connectivity index (χ1v) is 16.3. The maximum Gasteiger partial charge on any atom is 0.490 e. The van der Waals surface area contributed by atoms with Crippen molar-refractivity contribution >= 4 is 36.9 Å². The molecular formula is C14H25N3O16P4. The van der Waals surface area contributed by atoms with E-state index in [1.54, 1.807) is 0 Å². The molecule has 10 N–H and O–H groups in total. The number of hydrogen-bond donors (Lipinski definition) is 9. The van der Waals surface area contributed by atoms with E-state index >= 15 is 0 Å². The Morgan fingerprint density at radius 3 is 2.32 bits per heavy atom. The summed E-state index contributed by atoms with van der Waals surface area (Å²) in [6, 6.07) is 0. The molecule has 0 aromatic rings. The Morgan fingerprint density at radius 1 is 1.08 bits per heavy atom. The Bertz CT molecular complexity index is 1150. The van der Waals surface area contributed by atoms with Gasteiger partial charge in [0.1, 0.15) is 18.2 Å². The molecule has 1 saturated heterocycles. The normalized spacial score (nSPS) is 27.9. The lowest BCUT2D eigenvalue weighted by Crippen LogP contribution is -2.43. The fourth-order valence-electron chi connectivity index (χ4n) is 2.92. The predicted molar refractivity (Wildman–Crippen MR) is 121 cm³/mol. The summed E-state index contributed by atoms with van der Waals surface area (Å²) in [7, 11) is -20.9. The first-order chi connectivity index (χ1) is 16.8. The molecular weight excluding hydrogens is 590 g/mol. The van der Waals surface area contributed by atoms with Gasteiger partial charge in [0.15, 0.2) is 0 Å². The number of unbranched alkanes of at least 4 members (excludes halogenated alkanes) is 1. The van der Waals surface area contributed by atoms with E-state index < -0.39 is 62.5 Å². The number of aliphatic imine (C=N–C) groups is 1. The van der Waals surface area contributed by atoms with E-state index in [4.69, 9.17) is 34.9 Å². The van der Waals surface area contributed by atoms with Crippen LogP contribution < -0.4 is 5.73 Å². The molecule has 6 unspecified atom stereocenters. The highest BCUT2D eigenvalue weighted by Gasteiger charge is 2.44. The summed E-state index contributed by atoms with van der Waals surface area (Å²) in [5, 5.41) is 20.4. The van der Waals surface area contributed by atoms with Crippen LogP contribution in [-0.2, 0) is 36.1 Å². The fraction of sp³-hybridized carbons (Fsp3) is 0.643. The standard InChI is InChI=1S/C14H25N3O16P4/c15-13-9(4-2-1-3-5-34(20,21)22)7-17(14(19)16-13)12-6-10(18)11(31-12)8-30-36(26,27)33-37(28,29)32-35(23,24)25/h7,10-12,14,18-19H,1,3,5-6,8H2,(H2,15,16)(H,26,27)(H,28,29)(H2,20,21,22)(H2,23,24,25). The highest BCUT2D eigenvalue weighted by Crippen LogP contribution is 2.66. The van der Waals surface area contributed by atoms with Gasteiger partial charge < -0.3 is 54.9 Å². The van der Waals surface area contributed by atoms with E-state index in [2.05, 4.69) is 30.0 Å². The van der Waals surface area contributed by atoms with Gasteiger partial charge in [-0.3, -0.25) is 9.09 Å². The molecule has 0 bridgehead atoms. The van der Waals surface area contributed by atoms with Crippen molar-refractivity contribution in [1.82, 2.24) is 4.90 Å².